The number of piperidine rings is 1. The van der Waals surface area contributed by atoms with Gasteiger partial charge in [-0.15, -0.1) is 0 Å². The summed E-state index contributed by atoms with van der Waals surface area (Å²) in [5.41, 5.74) is 2.09. The summed E-state index contributed by atoms with van der Waals surface area (Å²) >= 11 is 0. The monoisotopic (exact) mass is 421 g/mol. The molecule has 0 bridgehead atoms. The first-order valence-corrected chi connectivity index (χ1v) is 10.6. The maximum absolute atomic E-state index is 12.7. The second-order valence-electron chi connectivity index (χ2n) is 7.82. The van der Waals surface area contributed by atoms with Crippen LogP contribution in [-0.4, -0.2) is 47.8 Å². The van der Waals surface area contributed by atoms with Crippen molar-refractivity contribution in [3.63, 3.8) is 0 Å². The van der Waals surface area contributed by atoms with Gasteiger partial charge in [-0.05, 0) is 43.4 Å². The van der Waals surface area contributed by atoms with Crippen molar-refractivity contribution in [3.8, 4) is 22.9 Å². The van der Waals surface area contributed by atoms with Crippen molar-refractivity contribution in [2.45, 2.75) is 26.2 Å². The summed E-state index contributed by atoms with van der Waals surface area (Å²) in [4.78, 5) is 19.1. The van der Waals surface area contributed by atoms with Crippen molar-refractivity contribution >= 4 is 5.91 Å². The van der Waals surface area contributed by atoms with Gasteiger partial charge >= 0.3 is 0 Å². The fraction of sp³-hybridized carbons (Fsp3) is 0.375. The Morgan fingerprint density at radius 1 is 1.16 bits per heavy atom. The third-order valence-electron chi connectivity index (χ3n) is 5.61. The molecule has 1 unspecified atom stereocenters. The number of nitrogens with zero attached hydrogens (tertiary/aromatic N) is 3. The molecule has 31 heavy (non-hydrogen) atoms. The number of hydrogen-bond donors (Lipinski definition) is 0. The number of carbonyl (C=O) groups is 1. The van der Waals surface area contributed by atoms with Crippen LogP contribution in [0.5, 0.6) is 11.5 Å². The van der Waals surface area contributed by atoms with Gasteiger partial charge in [0.2, 0.25) is 11.7 Å². The number of carbonyl (C=O) groups excluding carboxylic acids is 1. The summed E-state index contributed by atoms with van der Waals surface area (Å²) in [5, 5.41) is 4.15. The van der Waals surface area contributed by atoms with Crippen LogP contribution >= 0.6 is 0 Å². The topological polar surface area (TPSA) is 77.7 Å². The molecule has 1 fully saturated rings. The van der Waals surface area contributed by atoms with Gasteiger partial charge < -0.3 is 18.9 Å². The number of likely N-dealkylation sites (tertiary alicyclic amines) is 1. The summed E-state index contributed by atoms with van der Waals surface area (Å²) in [7, 11) is 1.58. The number of aromatic nitrogens is 2. The lowest BCUT2D eigenvalue weighted by Gasteiger charge is -2.32. The van der Waals surface area contributed by atoms with E-state index in [9.17, 15) is 4.79 Å². The van der Waals surface area contributed by atoms with Crippen LogP contribution in [0.15, 0.2) is 53.1 Å². The molecular weight excluding hydrogens is 394 g/mol. The average Bonchev–Trinajstić information content (AvgIpc) is 3.26. The van der Waals surface area contributed by atoms with Crippen molar-refractivity contribution in [2.24, 2.45) is 5.92 Å². The van der Waals surface area contributed by atoms with Gasteiger partial charge in [0, 0.05) is 25.1 Å². The van der Waals surface area contributed by atoms with E-state index in [1.165, 1.54) is 0 Å². The van der Waals surface area contributed by atoms with E-state index in [2.05, 4.69) is 10.1 Å². The van der Waals surface area contributed by atoms with Gasteiger partial charge in [-0.25, -0.2) is 0 Å². The van der Waals surface area contributed by atoms with Crippen molar-refractivity contribution in [3.05, 3.63) is 60.0 Å². The molecule has 0 aliphatic carbocycles. The van der Waals surface area contributed by atoms with Gasteiger partial charge in [-0.1, -0.05) is 41.6 Å². The van der Waals surface area contributed by atoms with E-state index in [4.69, 9.17) is 14.0 Å². The van der Waals surface area contributed by atoms with Crippen LogP contribution in [0.2, 0.25) is 0 Å². The standard InChI is InChI=1S/C24H27N3O4/c1-17-8-3-4-10-19(17)24-25-22(31-26-24)14-18-9-7-13-27(15-18)23(28)16-30-21-12-6-5-11-20(21)29-2/h3-6,8,10-12,18H,7,9,13-16H2,1-2H3. The minimum atomic E-state index is -0.0262. The lowest BCUT2D eigenvalue weighted by molar-refractivity contribution is -0.135. The minimum absolute atomic E-state index is 0.00885. The van der Waals surface area contributed by atoms with E-state index in [1.54, 1.807) is 13.2 Å². The Hall–Kier alpha value is -3.35. The average molecular weight is 421 g/mol. The fourth-order valence-corrected chi connectivity index (χ4v) is 3.94. The number of rotatable bonds is 7. The third kappa shape index (κ3) is 5.05. The fourth-order valence-electron chi connectivity index (χ4n) is 3.94. The Labute approximate surface area is 182 Å². The van der Waals surface area contributed by atoms with Gasteiger partial charge in [0.05, 0.1) is 7.11 Å². The molecule has 1 amide bonds. The normalized spacial score (nSPS) is 16.2. The van der Waals surface area contributed by atoms with Crippen molar-refractivity contribution in [1.29, 1.82) is 0 Å². The van der Waals surface area contributed by atoms with E-state index >= 15 is 0 Å². The maximum Gasteiger partial charge on any atom is 0.260 e. The first-order chi connectivity index (χ1) is 15.1. The maximum atomic E-state index is 12.7. The Kier molecular flexibility index (Phi) is 6.50. The summed E-state index contributed by atoms with van der Waals surface area (Å²) < 4.78 is 16.5. The molecule has 1 aromatic heterocycles. The lowest BCUT2D eigenvalue weighted by Crippen LogP contribution is -2.42. The van der Waals surface area contributed by atoms with Crippen molar-refractivity contribution < 1.29 is 18.8 Å². The van der Waals surface area contributed by atoms with Gasteiger partial charge in [0.1, 0.15) is 0 Å². The Morgan fingerprint density at radius 2 is 1.94 bits per heavy atom. The van der Waals surface area contributed by atoms with E-state index in [1.807, 2.05) is 54.3 Å². The molecule has 1 aliphatic rings. The second kappa shape index (κ2) is 9.64. The number of para-hydroxylation sites is 2. The number of methoxy groups -OCH3 is 1. The van der Waals surface area contributed by atoms with Crippen LogP contribution in [0.3, 0.4) is 0 Å². The predicted octanol–water partition coefficient (Wildman–Crippen LogP) is 3.91. The molecule has 2 aromatic carbocycles. The highest BCUT2D eigenvalue weighted by molar-refractivity contribution is 5.78. The quantitative estimate of drug-likeness (QED) is 0.576. The lowest BCUT2D eigenvalue weighted by atomic mass is 9.94. The SMILES string of the molecule is COc1ccccc1OCC(=O)N1CCCC(Cc2nc(-c3ccccc3C)no2)C1. The Morgan fingerprint density at radius 3 is 2.74 bits per heavy atom. The highest BCUT2D eigenvalue weighted by atomic mass is 16.5. The van der Waals surface area contributed by atoms with E-state index in [0.717, 1.165) is 30.5 Å². The zero-order chi connectivity index (χ0) is 21.6. The van der Waals surface area contributed by atoms with Crippen LogP contribution in [0.1, 0.15) is 24.3 Å². The van der Waals surface area contributed by atoms with Crippen molar-refractivity contribution in [1.82, 2.24) is 15.0 Å². The molecule has 0 saturated carbocycles. The smallest absolute Gasteiger partial charge is 0.260 e. The highest BCUT2D eigenvalue weighted by Crippen LogP contribution is 2.27. The highest BCUT2D eigenvalue weighted by Gasteiger charge is 2.26. The van der Waals surface area contributed by atoms with Crippen LogP contribution in [0.25, 0.3) is 11.4 Å². The van der Waals surface area contributed by atoms with Crippen molar-refractivity contribution in [2.75, 3.05) is 26.8 Å². The molecule has 1 saturated heterocycles. The third-order valence-corrected chi connectivity index (χ3v) is 5.61. The molecule has 3 aromatic rings. The molecule has 1 atom stereocenters. The number of aryl methyl sites for hydroxylation is 1. The van der Waals surface area contributed by atoms with E-state index < -0.39 is 0 Å². The molecule has 4 rings (SSSR count). The number of ether oxygens (including phenoxy) is 2. The summed E-state index contributed by atoms with van der Waals surface area (Å²) in [6, 6.07) is 15.3. The molecule has 0 spiro atoms. The largest absolute Gasteiger partial charge is 0.493 e. The van der Waals surface area contributed by atoms with Gasteiger partial charge in [0.15, 0.2) is 18.1 Å². The zero-order valence-electron chi connectivity index (χ0n) is 17.9. The van der Waals surface area contributed by atoms with Crippen LogP contribution < -0.4 is 9.47 Å². The van der Waals surface area contributed by atoms with Gasteiger partial charge in [-0.2, -0.15) is 4.98 Å². The molecular formula is C24H27N3O4. The summed E-state index contributed by atoms with van der Waals surface area (Å²) in [6.45, 7) is 3.42. The second-order valence-corrected chi connectivity index (χ2v) is 7.82. The Balaban J connectivity index is 1.33. The molecule has 7 heteroatoms. The number of amides is 1. The van der Waals surface area contributed by atoms with Gasteiger partial charge in [0.25, 0.3) is 5.91 Å². The van der Waals surface area contributed by atoms with Gasteiger partial charge in [-0.3, -0.25) is 4.79 Å². The van der Waals surface area contributed by atoms with E-state index in [0.29, 0.717) is 36.2 Å². The zero-order valence-corrected chi connectivity index (χ0v) is 17.9. The first-order valence-electron chi connectivity index (χ1n) is 10.6. The molecule has 0 radical (unpaired) electrons. The minimum Gasteiger partial charge on any atom is -0.493 e. The Bertz CT molecular complexity index is 1030. The first kappa shape index (κ1) is 20.9. The molecule has 1 aliphatic heterocycles. The summed E-state index contributed by atoms with van der Waals surface area (Å²) in [5.74, 6) is 2.68. The van der Waals surface area contributed by atoms with Crippen LogP contribution in [0.4, 0.5) is 0 Å². The van der Waals surface area contributed by atoms with Crippen LogP contribution in [-0.2, 0) is 11.2 Å². The van der Waals surface area contributed by atoms with E-state index in [-0.39, 0.29) is 18.4 Å². The summed E-state index contributed by atoms with van der Waals surface area (Å²) in [6.07, 6.45) is 2.64. The molecule has 7 nitrogen and oxygen atoms in total. The van der Waals surface area contributed by atoms with Crippen LogP contribution in [0, 0.1) is 12.8 Å². The molecule has 0 N–H and O–H groups in total. The molecule has 2 heterocycles. The predicted molar refractivity (Wildman–Crippen MR) is 116 cm³/mol. The number of benzene rings is 2. The molecule has 162 valence electrons. The number of hydrogen-bond acceptors (Lipinski definition) is 6.